The van der Waals surface area contributed by atoms with Crippen molar-refractivity contribution < 1.29 is 14.0 Å². The van der Waals surface area contributed by atoms with Gasteiger partial charge in [0.25, 0.3) is 0 Å². The molecule has 0 amide bonds. The van der Waals surface area contributed by atoms with Crippen molar-refractivity contribution >= 4 is 7.32 Å². The van der Waals surface area contributed by atoms with Gasteiger partial charge in [0.1, 0.15) is 0 Å². The van der Waals surface area contributed by atoms with E-state index >= 15 is 0 Å². The second kappa shape index (κ2) is 0.539. The van der Waals surface area contributed by atoms with Gasteiger partial charge < -0.3 is 14.0 Å². The summed E-state index contributed by atoms with van der Waals surface area (Å²) in [5.74, 6) is -0.634. The zero-order valence-electron chi connectivity index (χ0n) is 3.30. The first kappa shape index (κ1) is 3.01. The molecular weight excluding hydrogens is 82.8 g/mol. The summed E-state index contributed by atoms with van der Waals surface area (Å²) in [6.45, 7) is 1.73. The predicted octanol–water partition coefficient (Wildman–Crippen LogP) is -0.278. The molecule has 0 unspecified atom stereocenters. The summed E-state index contributed by atoms with van der Waals surface area (Å²) in [6, 6.07) is 0. The molecule has 0 atom stereocenters. The average molecular weight is 85.9 g/mol. The summed E-state index contributed by atoms with van der Waals surface area (Å²) in [7, 11) is -0.324. The number of rotatable bonds is 0. The van der Waals surface area contributed by atoms with E-state index in [1.165, 1.54) is 0 Å². The standard InChI is InChI=1S/C2H3BO3/c1-2-4-3(5-2)6-2/h1H3. The summed E-state index contributed by atoms with van der Waals surface area (Å²) in [6.07, 6.45) is 0. The molecular formula is C2H3BO3. The molecule has 3 rings (SSSR count). The fraction of sp³-hybridized carbons (Fsp3) is 1.00. The van der Waals surface area contributed by atoms with Gasteiger partial charge >= 0.3 is 7.32 Å². The molecule has 0 aromatic carbocycles. The Hall–Kier alpha value is -0.0551. The van der Waals surface area contributed by atoms with Crippen LogP contribution in [0.2, 0.25) is 0 Å². The van der Waals surface area contributed by atoms with Gasteiger partial charge in [0.15, 0.2) is 0 Å². The van der Waals surface area contributed by atoms with Crippen molar-refractivity contribution in [3.05, 3.63) is 0 Å². The molecule has 3 nitrogen and oxygen atoms in total. The van der Waals surface area contributed by atoms with Crippen LogP contribution in [0.15, 0.2) is 0 Å². The van der Waals surface area contributed by atoms with Crippen molar-refractivity contribution in [2.24, 2.45) is 0 Å². The molecule has 3 aliphatic rings. The zero-order valence-corrected chi connectivity index (χ0v) is 3.30. The smallest absolute Gasteiger partial charge is 0.336 e. The van der Waals surface area contributed by atoms with E-state index in [9.17, 15) is 0 Å². The quantitative estimate of drug-likeness (QED) is 0.379. The maximum Gasteiger partial charge on any atom is 0.650 e. The Balaban J connectivity index is 2.19. The van der Waals surface area contributed by atoms with Gasteiger partial charge in [0.05, 0.1) is 0 Å². The monoisotopic (exact) mass is 86.0 g/mol. The van der Waals surface area contributed by atoms with Crippen molar-refractivity contribution in [3.63, 3.8) is 0 Å². The lowest BCUT2D eigenvalue weighted by Crippen LogP contribution is -2.73. The molecule has 0 radical (unpaired) electrons. The third kappa shape index (κ3) is 0.153. The Bertz CT molecular complexity index is 75.8. The molecule has 6 heavy (non-hydrogen) atoms. The number of hydrogen-bond donors (Lipinski definition) is 0. The molecule has 0 spiro atoms. The van der Waals surface area contributed by atoms with Crippen LogP contribution in [0.5, 0.6) is 0 Å². The normalized spacial score (nSPS) is 34.5. The number of hydrogen-bond acceptors (Lipinski definition) is 3. The fourth-order valence-electron chi connectivity index (χ4n) is 0.551. The lowest BCUT2D eigenvalue weighted by Gasteiger charge is -2.53. The summed E-state index contributed by atoms with van der Waals surface area (Å²) < 4.78 is 14.3. The van der Waals surface area contributed by atoms with E-state index in [0.717, 1.165) is 0 Å². The third-order valence-electron chi connectivity index (χ3n) is 0.931. The first-order valence-corrected chi connectivity index (χ1v) is 1.82. The highest BCUT2D eigenvalue weighted by Crippen LogP contribution is 2.40. The van der Waals surface area contributed by atoms with Crippen LogP contribution in [0.4, 0.5) is 0 Å². The molecule has 0 aromatic heterocycles. The van der Waals surface area contributed by atoms with Crippen LogP contribution in [0.25, 0.3) is 0 Å². The van der Waals surface area contributed by atoms with Crippen LogP contribution in [0, 0.1) is 0 Å². The highest BCUT2D eigenvalue weighted by Gasteiger charge is 2.65. The zero-order chi connectivity index (χ0) is 4.20. The molecule has 2 bridgehead atoms. The van der Waals surface area contributed by atoms with Gasteiger partial charge in [-0.3, -0.25) is 0 Å². The Morgan fingerprint density at radius 1 is 1.33 bits per heavy atom. The molecule has 4 heteroatoms. The van der Waals surface area contributed by atoms with Gasteiger partial charge in [-0.05, 0) is 0 Å². The molecule has 0 saturated carbocycles. The highest BCUT2D eigenvalue weighted by molar-refractivity contribution is 6.43. The molecule has 3 saturated heterocycles. The SMILES string of the molecule is CC12OB(O1)O2. The van der Waals surface area contributed by atoms with Gasteiger partial charge in [-0.1, -0.05) is 0 Å². The topological polar surface area (TPSA) is 27.7 Å². The molecule has 3 aliphatic heterocycles. The van der Waals surface area contributed by atoms with Crippen molar-refractivity contribution in [3.8, 4) is 0 Å². The van der Waals surface area contributed by atoms with E-state index in [0.29, 0.717) is 0 Å². The van der Waals surface area contributed by atoms with Gasteiger partial charge in [-0.2, -0.15) is 0 Å². The summed E-state index contributed by atoms with van der Waals surface area (Å²) in [4.78, 5) is 0. The van der Waals surface area contributed by atoms with E-state index in [2.05, 4.69) is 0 Å². The van der Waals surface area contributed by atoms with Crippen molar-refractivity contribution in [1.29, 1.82) is 0 Å². The minimum Gasteiger partial charge on any atom is -0.336 e. The average Bonchev–Trinajstić information content (AvgIpc) is 1.24. The fourth-order valence-corrected chi connectivity index (χ4v) is 0.551. The van der Waals surface area contributed by atoms with Crippen molar-refractivity contribution in [2.45, 2.75) is 12.9 Å². The Labute approximate surface area is 35.4 Å². The molecule has 0 N–H and O–H groups in total. The van der Waals surface area contributed by atoms with Crippen LogP contribution in [0.1, 0.15) is 6.92 Å². The van der Waals surface area contributed by atoms with Crippen LogP contribution in [0.3, 0.4) is 0 Å². The lowest BCUT2D eigenvalue weighted by molar-refractivity contribution is -0.451. The minimum absolute atomic E-state index is 0.324. The van der Waals surface area contributed by atoms with E-state index in [4.69, 9.17) is 14.0 Å². The van der Waals surface area contributed by atoms with Gasteiger partial charge in [-0.15, -0.1) is 0 Å². The Morgan fingerprint density at radius 2 is 1.67 bits per heavy atom. The van der Waals surface area contributed by atoms with Gasteiger partial charge in [-0.25, -0.2) is 0 Å². The maximum absolute atomic E-state index is 4.77. The van der Waals surface area contributed by atoms with Crippen LogP contribution in [-0.2, 0) is 14.0 Å². The molecule has 0 aromatic rings. The summed E-state index contributed by atoms with van der Waals surface area (Å²) in [5.41, 5.74) is 0. The van der Waals surface area contributed by atoms with Gasteiger partial charge in [0.2, 0.25) is 5.97 Å². The first-order chi connectivity index (χ1) is 2.79. The second-order valence-electron chi connectivity index (χ2n) is 1.50. The Kier molecular flexibility index (Phi) is 0.271. The van der Waals surface area contributed by atoms with E-state index in [1.54, 1.807) is 6.92 Å². The molecule has 32 valence electrons. The lowest BCUT2D eigenvalue weighted by atomic mass is 10.0. The second-order valence-corrected chi connectivity index (χ2v) is 1.50. The maximum atomic E-state index is 4.77. The predicted molar refractivity (Wildman–Crippen MR) is 17.4 cm³/mol. The molecule has 0 aliphatic carbocycles. The summed E-state index contributed by atoms with van der Waals surface area (Å²) >= 11 is 0. The van der Waals surface area contributed by atoms with E-state index in [-0.39, 0.29) is 7.32 Å². The van der Waals surface area contributed by atoms with E-state index in [1.807, 2.05) is 0 Å². The van der Waals surface area contributed by atoms with Crippen LogP contribution < -0.4 is 0 Å². The summed E-state index contributed by atoms with van der Waals surface area (Å²) in [5, 5.41) is 0. The largest absolute Gasteiger partial charge is 0.650 e. The minimum atomic E-state index is -0.634. The van der Waals surface area contributed by atoms with Crippen molar-refractivity contribution in [1.82, 2.24) is 0 Å². The van der Waals surface area contributed by atoms with Gasteiger partial charge in [0, 0.05) is 6.92 Å². The van der Waals surface area contributed by atoms with Crippen LogP contribution in [-0.4, -0.2) is 13.3 Å². The molecule has 3 fully saturated rings. The third-order valence-corrected chi connectivity index (χ3v) is 0.931. The first-order valence-electron chi connectivity index (χ1n) is 1.82. The highest BCUT2D eigenvalue weighted by atomic mass is 17.1. The van der Waals surface area contributed by atoms with Crippen LogP contribution >= 0.6 is 0 Å². The Morgan fingerprint density at radius 3 is 1.67 bits per heavy atom. The molecule has 3 heterocycles. The van der Waals surface area contributed by atoms with Crippen molar-refractivity contribution in [2.75, 3.05) is 0 Å². The van der Waals surface area contributed by atoms with E-state index < -0.39 is 5.97 Å².